The largest absolute Gasteiger partial charge is 0.352 e. The van der Waals surface area contributed by atoms with E-state index in [1.807, 2.05) is 12.1 Å². The molecular formula is C26H14Cl3N5O2. The van der Waals surface area contributed by atoms with E-state index in [9.17, 15) is 20.1 Å². The van der Waals surface area contributed by atoms with Crippen molar-refractivity contribution < 1.29 is 9.59 Å². The number of hydrogen-bond donors (Lipinski definition) is 3. The van der Waals surface area contributed by atoms with Gasteiger partial charge in [0.2, 0.25) is 0 Å². The number of benzene rings is 3. The standard InChI is InChI=1S/C26H14Cl3N5O2/c27-14-5-7-15(8-6-14)32-25(35)19(12-30)23-17-3-1-2-4-18(17)24(34-23)20(13-31)26(36)33-16-9-10-21(28)22(29)11-16/h1-11,34H,(H,32,35)(H,33,36). The number of nitrogens with one attached hydrogen (secondary N) is 3. The minimum Gasteiger partial charge on any atom is -0.352 e. The first-order valence-electron chi connectivity index (χ1n) is 10.3. The fourth-order valence-electron chi connectivity index (χ4n) is 3.51. The van der Waals surface area contributed by atoms with E-state index in [1.165, 1.54) is 12.1 Å². The average Bonchev–Trinajstić information content (AvgIpc) is 3.23. The molecule has 4 aromatic rings. The lowest BCUT2D eigenvalue weighted by atomic mass is 10.1. The molecule has 10 heteroatoms. The van der Waals surface area contributed by atoms with Crippen LogP contribution in [0.5, 0.6) is 0 Å². The maximum Gasteiger partial charge on any atom is 0.268 e. The van der Waals surface area contributed by atoms with Crippen molar-refractivity contribution >= 4 is 79.9 Å². The first-order chi connectivity index (χ1) is 17.3. The van der Waals surface area contributed by atoms with E-state index in [2.05, 4.69) is 15.6 Å². The number of rotatable bonds is 4. The summed E-state index contributed by atoms with van der Waals surface area (Å²) in [5.41, 5.74) is 0.303. The normalized spacial score (nSPS) is 12.2. The highest BCUT2D eigenvalue weighted by Gasteiger charge is 2.18. The molecule has 176 valence electrons. The summed E-state index contributed by atoms with van der Waals surface area (Å²) in [5, 5.41) is 27.3. The van der Waals surface area contributed by atoms with Gasteiger partial charge in [0, 0.05) is 27.2 Å². The van der Waals surface area contributed by atoms with E-state index >= 15 is 0 Å². The van der Waals surface area contributed by atoms with Gasteiger partial charge >= 0.3 is 0 Å². The van der Waals surface area contributed by atoms with Crippen LogP contribution in [0.3, 0.4) is 0 Å². The Labute approximate surface area is 219 Å². The van der Waals surface area contributed by atoms with Crippen molar-refractivity contribution in [3.63, 3.8) is 0 Å². The molecule has 36 heavy (non-hydrogen) atoms. The molecule has 3 N–H and O–H groups in total. The number of nitriles is 2. The molecule has 1 aromatic heterocycles. The van der Waals surface area contributed by atoms with E-state index in [0.717, 1.165) is 0 Å². The number of halogens is 3. The van der Waals surface area contributed by atoms with Gasteiger partial charge in [-0.1, -0.05) is 59.1 Å². The van der Waals surface area contributed by atoms with E-state index in [0.29, 0.717) is 32.2 Å². The van der Waals surface area contributed by atoms with E-state index in [4.69, 9.17) is 34.8 Å². The van der Waals surface area contributed by atoms with Crippen molar-refractivity contribution in [3.8, 4) is 12.1 Å². The highest BCUT2D eigenvalue weighted by molar-refractivity contribution is 6.42. The maximum absolute atomic E-state index is 13.0. The molecule has 0 aliphatic carbocycles. The number of anilines is 2. The van der Waals surface area contributed by atoms with Crippen LogP contribution in [0, 0.1) is 22.7 Å². The zero-order valence-corrected chi connectivity index (χ0v) is 20.5. The molecule has 0 bridgehead atoms. The van der Waals surface area contributed by atoms with Crippen LogP contribution in [0.2, 0.25) is 15.1 Å². The Morgan fingerprint density at radius 1 is 0.694 bits per heavy atom. The first kappa shape index (κ1) is 24.8. The molecule has 1 heterocycles. The Balaban J connectivity index is 1.86. The fourth-order valence-corrected chi connectivity index (χ4v) is 3.93. The second kappa shape index (κ2) is 10.6. The number of H-pyrrole nitrogens is 1. The molecule has 0 saturated carbocycles. The van der Waals surface area contributed by atoms with Crippen LogP contribution >= 0.6 is 34.8 Å². The smallest absolute Gasteiger partial charge is 0.268 e. The van der Waals surface area contributed by atoms with Crippen molar-refractivity contribution in [1.29, 1.82) is 10.5 Å². The van der Waals surface area contributed by atoms with Crippen LogP contribution < -0.4 is 21.3 Å². The minimum atomic E-state index is -0.710. The van der Waals surface area contributed by atoms with Gasteiger partial charge in [0.1, 0.15) is 23.3 Å². The Morgan fingerprint density at radius 2 is 1.19 bits per heavy atom. The Kier molecular flexibility index (Phi) is 7.28. The van der Waals surface area contributed by atoms with Gasteiger partial charge < -0.3 is 15.6 Å². The van der Waals surface area contributed by atoms with Gasteiger partial charge in [0.05, 0.1) is 20.7 Å². The Hall–Kier alpha value is -4.27. The number of hydrogen-bond acceptors (Lipinski definition) is 4. The van der Waals surface area contributed by atoms with Crippen molar-refractivity contribution in [2.75, 3.05) is 10.6 Å². The van der Waals surface area contributed by atoms with Gasteiger partial charge in [0.25, 0.3) is 11.8 Å². The number of fused-ring (bicyclic) bond motifs is 1. The summed E-state index contributed by atoms with van der Waals surface area (Å²) in [6, 6.07) is 21.6. The molecule has 4 rings (SSSR count). The van der Waals surface area contributed by atoms with E-state index < -0.39 is 11.8 Å². The van der Waals surface area contributed by atoms with Crippen LogP contribution in [0.4, 0.5) is 11.4 Å². The second-order valence-electron chi connectivity index (χ2n) is 7.44. The lowest BCUT2D eigenvalue weighted by Gasteiger charge is -2.05. The number of aromatic amines is 1. The summed E-state index contributed by atoms with van der Waals surface area (Å²) in [7, 11) is 0. The lowest BCUT2D eigenvalue weighted by molar-refractivity contribution is -0.111. The number of carbonyl (C=O) groups excluding carboxylic acids is 2. The molecule has 2 amide bonds. The van der Waals surface area contributed by atoms with Crippen LogP contribution in [-0.2, 0) is 9.59 Å². The highest BCUT2D eigenvalue weighted by Crippen LogP contribution is 2.25. The van der Waals surface area contributed by atoms with E-state index in [1.54, 1.807) is 54.6 Å². The lowest BCUT2D eigenvalue weighted by Crippen LogP contribution is -2.25. The molecule has 0 saturated heterocycles. The maximum atomic E-state index is 13.0. The minimum absolute atomic E-state index is 0.160. The topological polar surface area (TPSA) is 122 Å². The molecule has 0 atom stereocenters. The Bertz CT molecular complexity index is 1730. The van der Waals surface area contributed by atoms with E-state index in [-0.39, 0.29) is 26.9 Å². The predicted molar refractivity (Wildman–Crippen MR) is 141 cm³/mol. The molecule has 7 nitrogen and oxygen atoms in total. The van der Waals surface area contributed by atoms with Gasteiger partial charge in [-0.2, -0.15) is 10.5 Å². The van der Waals surface area contributed by atoms with Crippen LogP contribution in [0.15, 0.2) is 66.7 Å². The summed E-state index contributed by atoms with van der Waals surface area (Å²) in [6.45, 7) is 0. The van der Waals surface area contributed by atoms with Gasteiger partial charge in [-0.25, -0.2) is 0 Å². The van der Waals surface area contributed by atoms with Crippen molar-refractivity contribution in [2.24, 2.45) is 0 Å². The monoisotopic (exact) mass is 533 g/mol. The zero-order valence-electron chi connectivity index (χ0n) is 18.2. The molecular weight excluding hydrogens is 521 g/mol. The number of carbonyl (C=O) groups is 2. The molecule has 0 unspecified atom stereocenters. The number of aromatic nitrogens is 1. The molecule has 0 spiro atoms. The van der Waals surface area contributed by atoms with Crippen LogP contribution in [-0.4, -0.2) is 16.8 Å². The first-order valence-corrected chi connectivity index (χ1v) is 11.4. The molecule has 0 aliphatic heterocycles. The van der Waals surface area contributed by atoms with Gasteiger partial charge in [-0.15, -0.1) is 0 Å². The molecule has 0 fully saturated rings. The number of nitrogens with zero attached hydrogens (tertiary/aromatic N) is 2. The third-order valence-corrected chi connectivity index (χ3v) is 6.16. The summed E-state index contributed by atoms with van der Waals surface area (Å²) in [5.74, 6) is -1.38. The van der Waals surface area contributed by atoms with Crippen molar-refractivity contribution in [3.05, 3.63) is 92.5 Å². The highest BCUT2D eigenvalue weighted by atomic mass is 35.5. The second-order valence-corrected chi connectivity index (χ2v) is 8.69. The van der Waals surface area contributed by atoms with Crippen LogP contribution in [0.25, 0.3) is 21.9 Å². The summed E-state index contributed by atoms with van der Waals surface area (Å²) < 4.78 is 0. The third kappa shape index (κ3) is 5.05. The average molecular weight is 535 g/mol. The molecule has 3 aromatic carbocycles. The van der Waals surface area contributed by atoms with Gasteiger partial charge in [-0.05, 0) is 42.5 Å². The van der Waals surface area contributed by atoms with Crippen molar-refractivity contribution in [2.45, 2.75) is 0 Å². The van der Waals surface area contributed by atoms with Crippen LogP contribution in [0.1, 0.15) is 0 Å². The Morgan fingerprint density at radius 3 is 1.69 bits per heavy atom. The quantitative estimate of drug-likeness (QED) is 0.350. The van der Waals surface area contributed by atoms with Crippen molar-refractivity contribution in [1.82, 2.24) is 4.98 Å². The molecule has 0 radical (unpaired) electrons. The molecule has 0 aliphatic rings. The summed E-state index contributed by atoms with van der Waals surface area (Å²) >= 11 is 17.8. The fraction of sp³-hybridized carbons (Fsp3) is 0. The van der Waals surface area contributed by atoms with Gasteiger partial charge in [0.15, 0.2) is 0 Å². The zero-order chi connectivity index (χ0) is 25.8. The van der Waals surface area contributed by atoms with Gasteiger partial charge in [-0.3, -0.25) is 9.59 Å². The SMILES string of the molecule is N#CC(C(=O)Nc1ccc(Cl)cc1)=c1[nH]c(=C(C#N)C(=O)Nc2ccc(Cl)c(Cl)c2)c2ccccc12. The third-order valence-electron chi connectivity index (χ3n) is 5.17. The number of amides is 2. The summed E-state index contributed by atoms with van der Waals surface area (Å²) in [4.78, 5) is 28.9. The predicted octanol–water partition coefficient (Wildman–Crippen LogP) is 4.75. The summed E-state index contributed by atoms with van der Waals surface area (Å²) in [6.07, 6.45) is 0.